The number of carbonyl (C=O) groups is 3. The summed E-state index contributed by atoms with van der Waals surface area (Å²) < 4.78 is 10.4. The number of nitrogens with one attached hydrogen (secondary N) is 1. The first-order chi connectivity index (χ1) is 12.7. The van der Waals surface area contributed by atoms with Crippen molar-refractivity contribution in [1.82, 2.24) is 10.2 Å². The van der Waals surface area contributed by atoms with Gasteiger partial charge in [-0.15, -0.1) is 0 Å². The highest BCUT2D eigenvalue weighted by atomic mass is 16.5. The van der Waals surface area contributed by atoms with E-state index in [9.17, 15) is 14.4 Å². The fourth-order valence-corrected chi connectivity index (χ4v) is 2.55. The zero-order valence-electron chi connectivity index (χ0n) is 16.8. The highest BCUT2D eigenvalue weighted by Gasteiger charge is 2.22. The Morgan fingerprint density at radius 1 is 1.22 bits per heavy atom. The number of methoxy groups -OCH3 is 1. The van der Waals surface area contributed by atoms with Crippen LogP contribution in [0.25, 0.3) is 0 Å². The van der Waals surface area contributed by atoms with E-state index >= 15 is 0 Å². The molecule has 1 rings (SSSR count). The maximum Gasteiger partial charge on any atom is 0.310 e. The molecule has 1 aromatic rings. The summed E-state index contributed by atoms with van der Waals surface area (Å²) in [5.41, 5.74) is 2.00. The van der Waals surface area contributed by atoms with E-state index in [0.717, 1.165) is 11.1 Å². The van der Waals surface area contributed by atoms with Crippen molar-refractivity contribution < 1.29 is 23.9 Å². The Morgan fingerprint density at radius 2 is 1.93 bits per heavy atom. The van der Waals surface area contributed by atoms with E-state index in [1.165, 1.54) is 14.0 Å². The molecule has 0 saturated heterocycles. The quantitative estimate of drug-likeness (QED) is 0.496. The van der Waals surface area contributed by atoms with Crippen LogP contribution in [0, 0.1) is 19.8 Å². The number of nitrogens with zero attached hydrogens (tertiary/aromatic N) is 1. The summed E-state index contributed by atoms with van der Waals surface area (Å²) in [7, 11) is 1.32. The average Bonchev–Trinajstić information content (AvgIpc) is 2.63. The number of carbonyl (C=O) groups excluding carboxylic acids is 3. The van der Waals surface area contributed by atoms with Gasteiger partial charge in [0, 0.05) is 26.6 Å². The van der Waals surface area contributed by atoms with Crippen LogP contribution in [0.3, 0.4) is 0 Å². The van der Waals surface area contributed by atoms with Crippen LogP contribution in [0.4, 0.5) is 0 Å². The predicted octanol–water partition coefficient (Wildman–Crippen LogP) is 1.85. The fourth-order valence-electron chi connectivity index (χ4n) is 2.55. The van der Waals surface area contributed by atoms with Crippen LogP contribution in [0.1, 0.15) is 31.4 Å². The van der Waals surface area contributed by atoms with Crippen LogP contribution in [-0.4, -0.2) is 56.0 Å². The van der Waals surface area contributed by atoms with Crippen molar-refractivity contribution in [2.45, 2.75) is 34.1 Å². The van der Waals surface area contributed by atoms with Crippen molar-refractivity contribution in [3.05, 3.63) is 29.3 Å². The van der Waals surface area contributed by atoms with Gasteiger partial charge in [-0.1, -0.05) is 19.1 Å². The van der Waals surface area contributed by atoms with Crippen LogP contribution in [-0.2, 0) is 19.1 Å². The van der Waals surface area contributed by atoms with Gasteiger partial charge in [0.1, 0.15) is 5.75 Å². The lowest BCUT2D eigenvalue weighted by Gasteiger charge is -2.25. The Hall–Kier alpha value is -2.57. The molecular formula is C20H30N2O5. The van der Waals surface area contributed by atoms with E-state index in [0.29, 0.717) is 25.3 Å². The maximum absolute atomic E-state index is 12.6. The summed E-state index contributed by atoms with van der Waals surface area (Å²) in [6.45, 7) is 8.04. The van der Waals surface area contributed by atoms with Gasteiger partial charge in [-0.05, 0) is 37.5 Å². The summed E-state index contributed by atoms with van der Waals surface area (Å²) in [6.07, 6.45) is 0.586. The lowest BCUT2D eigenvalue weighted by Crippen LogP contribution is -2.41. The van der Waals surface area contributed by atoms with E-state index in [4.69, 9.17) is 9.47 Å². The average molecular weight is 378 g/mol. The van der Waals surface area contributed by atoms with Gasteiger partial charge in [-0.3, -0.25) is 14.4 Å². The highest BCUT2D eigenvalue weighted by molar-refractivity contribution is 5.79. The molecule has 0 aliphatic heterocycles. The predicted molar refractivity (Wildman–Crippen MR) is 102 cm³/mol. The number of hydrogen-bond acceptors (Lipinski definition) is 5. The molecule has 1 atom stereocenters. The molecule has 150 valence electrons. The molecule has 0 aromatic heterocycles. The van der Waals surface area contributed by atoms with Crippen LogP contribution < -0.4 is 10.1 Å². The van der Waals surface area contributed by atoms with Gasteiger partial charge >= 0.3 is 5.97 Å². The largest absolute Gasteiger partial charge is 0.483 e. The Balaban J connectivity index is 2.70. The molecule has 7 nitrogen and oxygen atoms in total. The number of esters is 1. The summed E-state index contributed by atoms with van der Waals surface area (Å²) in [5.74, 6) is -0.475. The third kappa shape index (κ3) is 8.11. The Kier molecular flexibility index (Phi) is 9.33. The van der Waals surface area contributed by atoms with Crippen molar-refractivity contribution in [3.63, 3.8) is 0 Å². The molecule has 27 heavy (non-hydrogen) atoms. The number of rotatable bonds is 10. The number of amides is 2. The number of benzene rings is 1. The molecule has 1 unspecified atom stereocenters. The zero-order chi connectivity index (χ0) is 20.4. The summed E-state index contributed by atoms with van der Waals surface area (Å²) >= 11 is 0. The normalized spacial score (nSPS) is 11.4. The van der Waals surface area contributed by atoms with Crippen LogP contribution >= 0.6 is 0 Å². The lowest BCUT2D eigenvalue weighted by molar-refractivity contribution is -0.146. The summed E-state index contributed by atoms with van der Waals surface area (Å²) in [4.78, 5) is 36.9. The molecule has 0 saturated carbocycles. The van der Waals surface area contributed by atoms with E-state index in [2.05, 4.69) is 5.32 Å². The molecule has 0 aliphatic rings. The first-order valence-corrected chi connectivity index (χ1v) is 9.04. The molecule has 2 amide bonds. The molecule has 0 heterocycles. The van der Waals surface area contributed by atoms with Crippen molar-refractivity contribution >= 4 is 17.8 Å². The molecule has 7 heteroatoms. The van der Waals surface area contributed by atoms with Gasteiger partial charge in [0.15, 0.2) is 6.61 Å². The van der Waals surface area contributed by atoms with Gasteiger partial charge < -0.3 is 19.7 Å². The van der Waals surface area contributed by atoms with Gasteiger partial charge in [0.2, 0.25) is 5.91 Å². The van der Waals surface area contributed by atoms with Crippen molar-refractivity contribution in [2.24, 2.45) is 5.92 Å². The standard InChI is InChI=1S/C20H30N2O5/c1-14-7-8-15(2)18(11-14)27-13-19(24)22(10-6-9-21-17(4)23)12-16(3)20(25)26-5/h7-8,11,16H,6,9-10,12-13H2,1-5H3,(H,21,23). The van der Waals surface area contributed by atoms with Gasteiger partial charge in [-0.25, -0.2) is 0 Å². The van der Waals surface area contributed by atoms with Gasteiger partial charge in [-0.2, -0.15) is 0 Å². The number of ether oxygens (including phenoxy) is 2. The number of hydrogen-bond donors (Lipinski definition) is 1. The zero-order valence-corrected chi connectivity index (χ0v) is 16.8. The van der Waals surface area contributed by atoms with E-state index in [1.54, 1.807) is 11.8 Å². The molecule has 0 aliphatic carbocycles. The SMILES string of the molecule is COC(=O)C(C)CN(CCCNC(C)=O)C(=O)COc1cc(C)ccc1C. The van der Waals surface area contributed by atoms with E-state index in [1.807, 2.05) is 32.0 Å². The fraction of sp³-hybridized carbons (Fsp3) is 0.550. The first-order valence-electron chi connectivity index (χ1n) is 9.04. The van der Waals surface area contributed by atoms with E-state index in [-0.39, 0.29) is 30.9 Å². The minimum Gasteiger partial charge on any atom is -0.483 e. The van der Waals surface area contributed by atoms with Crippen LogP contribution in [0.2, 0.25) is 0 Å². The minimum absolute atomic E-state index is 0.113. The molecule has 0 fully saturated rings. The molecule has 0 bridgehead atoms. The second-order valence-electron chi connectivity index (χ2n) is 6.66. The second kappa shape index (κ2) is 11.2. The maximum atomic E-state index is 12.6. The Bertz CT molecular complexity index is 660. The molecular weight excluding hydrogens is 348 g/mol. The second-order valence-corrected chi connectivity index (χ2v) is 6.66. The molecule has 1 aromatic carbocycles. The van der Waals surface area contributed by atoms with Gasteiger partial charge in [0.05, 0.1) is 13.0 Å². The number of aryl methyl sites for hydroxylation is 2. The smallest absolute Gasteiger partial charge is 0.310 e. The van der Waals surface area contributed by atoms with E-state index < -0.39 is 5.92 Å². The highest BCUT2D eigenvalue weighted by Crippen LogP contribution is 2.19. The first kappa shape index (κ1) is 22.5. The third-order valence-electron chi connectivity index (χ3n) is 4.12. The van der Waals surface area contributed by atoms with Crippen LogP contribution in [0.5, 0.6) is 5.75 Å². The Morgan fingerprint density at radius 3 is 2.56 bits per heavy atom. The molecule has 1 N–H and O–H groups in total. The molecule has 0 spiro atoms. The lowest BCUT2D eigenvalue weighted by atomic mass is 10.1. The molecule has 0 radical (unpaired) electrons. The monoisotopic (exact) mass is 378 g/mol. The van der Waals surface area contributed by atoms with Gasteiger partial charge in [0.25, 0.3) is 5.91 Å². The van der Waals surface area contributed by atoms with Crippen molar-refractivity contribution in [1.29, 1.82) is 0 Å². The summed E-state index contributed by atoms with van der Waals surface area (Å²) in [5, 5.41) is 2.70. The Labute approximate surface area is 161 Å². The summed E-state index contributed by atoms with van der Waals surface area (Å²) in [6, 6.07) is 5.82. The topological polar surface area (TPSA) is 84.9 Å². The van der Waals surface area contributed by atoms with Crippen molar-refractivity contribution in [2.75, 3.05) is 33.4 Å². The third-order valence-corrected chi connectivity index (χ3v) is 4.12. The minimum atomic E-state index is -0.444. The van der Waals surface area contributed by atoms with Crippen molar-refractivity contribution in [3.8, 4) is 5.75 Å². The van der Waals surface area contributed by atoms with Crippen LogP contribution in [0.15, 0.2) is 18.2 Å².